The lowest BCUT2D eigenvalue weighted by atomic mass is 9.91. The molecule has 0 fully saturated rings. The van der Waals surface area contributed by atoms with Gasteiger partial charge in [0.25, 0.3) is 0 Å². The second kappa shape index (κ2) is 23.8. The van der Waals surface area contributed by atoms with Gasteiger partial charge in [-0.3, -0.25) is 0 Å². The first-order valence-corrected chi connectivity index (χ1v) is 28.4. The van der Waals surface area contributed by atoms with Crippen molar-refractivity contribution in [3.8, 4) is 89.8 Å². The van der Waals surface area contributed by atoms with E-state index in [9.17, 15) is 20.4 Å². The van der Waals surface area contributed by atoms with Crippen molar-refractivity contribution in [1.82, 2.24) is 0 Å². The van der Waals surface area contributed by atoms with Crippen LogP contribution in [0.3, 0.4) is 0 Å². The molecule has 410 valence electrons. The molecular weight excluding hydrogens is 1050 g/mol. The number of hydrogen-bond acceptors (Lipinski definition) is 7. The first-order chi connectivity index (χ1) is 42.2. The van der Waals surface area contributed by atoms with Crippen molar-refractivity contribution in [3.05, 3.63) is 315 Å². The third-order valence-electron chi connectivity index (χ3n) is 15.7. The van der Waals surface area contributed by atoms with Crippen LogP contribution in [0.2, 0.25) is 0 Å². The van der Waals surface area contributed by atoms with Gasteiger partial charge in [-0.1, -0.05) is 218 Å². The molecule has 7 nitrogen and oxygen atoms in total. The van der Waals surface area contributed by atoms with Crippen LogP contribution < -0.4 is 20.2 Å². The molecule has 13 aromatic rings. The summed E-state index contributed by atoms with van der Waals surface area (Å²) in [5, 5.41) is 44.6. The third-order valence-corrected chi connectivity index (χ3v) is 15.7. The summed E-state index contributed by atoms with van der Waals surface area (Å²) in [6.07, 6.45) is 0. The lowest BCUT2D eigenvalue weighted by Gasteiger charge is -2.28. The average Bonchev–Trinajstić information content (AvgIpc) is 2.49. The number of nitrogens with zero attached hydrogens (tertiary/aromatic N) is 3. The Hall–Kier alpha value is -11.5. The van der Waals surface area contributed by atoms with Gasteiger partial charge in [-0.15, -0.1) is 0 Å². The minimum Gasteiger partial charge on any atom is -0.506 e. The van der Waals surface area contributed by atoms with E-state index in [2.05, 4.69) is 252 Å². The van der Waals surface area contributed by atoms with E-state index >= 15 is 0 Å². The molecule has 0 saturated carbocycles. The smallest absolute Gasteiger partial charge is 0.202 e. The number of anilines is 9. The fraction of sp³-hybridized carbons (Fsp3) is 0. The maximum Gasteiger partial charge on any atom is 0.202 e. The van der Waals surface area contributed by atoms with Gasteiger partial charge in [0.15, 0.2) is 11.5 Å². The van der Waals surface area contributed by atoms with Crippen molar-refractivity contribution >= 4 is 64.5 Å². The fourth-order valence-corrected chi connectivity index (χ4v) is 11.2. The van der Waals surface area contributed by atoms with Gasteiger partial charge in [-0.25, -0.2) is 0 Å². The predicted octanol–water partition coefficient (Wildman–Crippen LogP) is 19.7. The second-order valence-electron chi connectivity index (χ2n) is 21.0. The van der Waals surface area contributed by atoms with Crippen LogP contribution in [-0.2, 0) is 0 Å². The Balaban J connectivity index is 0.799. The summed E-state index contributed by atoms with van der Waals surface area (Å²) in [6, 6.07) is 108. The highest BCUT2D eigenvalue weighted by molar-refractivity contribution is 6.37. The highest BCUT2D eigenvalue weighted by Crippen LogP contribution is 2.52. The Morgan fingerprint density at radius 2 is 0.349 bits per heavy atom. The number of phenols is 4. The first-order valence-electron chi connectivity index (χ1n) is 28.4. The zero-order chi connectivity index (χ0) is 58.5. The van der Waals surface area contributed by atoms with E-state index in [0.29, 0.717) is 11.4 Å². The zero-order valence-corrected chi connectivity index (χ0v) is 46.7. The highest BCUT2D eigenvalue weighted by atomic mass is 16.3. The van der Waals surface area contributed by atoms with Gasteiger partial charge in [-0.05, 0) is 169 Å². The van der Waals surface area contributed by atoms with Crippen molar-refractivity contribution in [2.24, 2.45) is 0 Å². The Bertz CT molecular complexity index is 3970. The molecule has 13 aromatic carbocycles. The molecule has 0 aliphatic heterocycles. The molecule has 0 amide bonds. The van der Waals surface area contributed by atoms with E-state index < -0.39 is 28.5 Å². The highest BCUT2D eigenvalue weighted by Gasteiger charge is 2.28. The van der Waals surface area contributed by atoms with Crippen LogP contribution in [0.5, 0.6) is 23.0 Å². The Kier molecular flexibility index (Phi) is 14.9. The quantitative estimate of drug-likeness (QED) is 0.0462. The number of aromatic hydroxyl groups is 4. The van der Waals surface area contributed by atoms with Gasteiger partial charge in [0.05, 0.1) is 0 Å². The van der Waals surface area contributed by atoms with Crippen LogP contribution in [-0.4, -0.2) is 28.3 Å². The maximum absolute atomic E-state index is 11.6. The molecule has 86 heavy (non-hydrogen) atoms. The summed E-state index contributed by atoms with van der Waals surface area (Å²) in [6.45, 7) is 0. The molecule has 0 atom stereocenters. The number of benzene rings is 13. The molecule has 8 heteroatoms. The van der Waals surface area contributed by atoms with Crippen molar-refractivity contribution < 1.29 is 20.4 Å². The third kappa shape index (κ3) is 10.9. The number of rotatable bonds is 15. The Morgan fingerprint density at radius 1 is 0.174 bits per heavy atom. The monoisotopic (exact) mass is 1110 g/mol. The molecule has 13 rings (SSSR count). The van der Waals surface area contributed by atoms with E-state index in [4.69, 9.17) is 7.85 Å². The lowest BCUT2D eigenvalue weighted by Crippen LogP contribution is -2.15. The summed E-state index contributed by atoms with van der Waals surface area (Å²) in [5.41, 5.74) is 19.3. The van der Waals surface area contributed by atoms with Gasteiger partial charge >= 0.3 is 0 Å². The standard InChI is InChI=1S/C78H56BN3O4/c79-73-75(83)74(77(85)78(86)76(73)84)82(71-49-33-63(34-50-71)61-29-45-69(46-30-61)80(65-37-21-57(22-38-65)53-13-5-1-6-14-53)66-39-23-58(24-40-66)54-15-7-2-8-16-54)72-51-35-64(36-52-72)62-31-47-70(48-32-62)81(67-41-25-59(26-42-67)55-17-9-3-10-18-55)68-43-27-60(28-44-68)56-19-11-4-12-20-56/h1-52,83-86H. The van der Waals surface area contributed by atoms with Crippen molar-refractivity contribution in [2.75, 3.05) is 14.7 Å². The molecule has 0 aromatic heterocycles. The summed E-state index contributed by atoms with van der Waals surface area (Å²) in [5.74, 6) is -3.01. The minimum absolute atomic E-state index is 0.200. The van der Waals surface area contributed by atoms with Gasteiger partial charge < -0.3 is 35.1 Å². The average molecular weight is 1110 g/mol. The maximum atomic E-state index is 11.6. The molecule has 2 radical (unpaired) electrons. The van der Waals surface area contributed by atoms with Crippen LogP contribution in [0.25, 0.3) is 66.8 Å². The second-order valence-corrected chi connectivity index (χ2v) is 21.0. The molecule has 0 aliphatic rings. The lowest BCUT2D eigenvalue weighted by molar-refractivity contribution is 0.365. The minimum atomic E-state index is -0.852. The van der Waals surface area contributed by atoms with Crippen molar-refractivity contribution in [2.45, 2.75) is 0 Å². The molecule has 0 aliphatic carbocycles. The number of hydrogen-bond donors (Lipinski definition) is 4. The van der Waals surface area contributed by atoms with E-state index in [1.54, 1.807) is 4.90 Å². The summed E-state index contributed by atoms with van der Waals surface area (Å²) in [4.78, 5) is 6.11. The van der Waals surface area contributed by atoms with Crippen LogP contribution in [0, 0.1) is 0 Å². The van der Waals surface area contributed by atoms with Crippen LogP contribution in [0.4, 0.5) is 51.2 Å². The van der Waals surface area contributed by atoms with Crippen molar-refractivity contribution in [1.29, 1.82) is 0 Å². The largest absolute Gasteiger partial charge is 0.506 e. The van der Waals surface area contributed by atoms with E-state index in [0.717, 1.165) is 101 Å². The molecule has 0 bridgehead atoms. The van der Waals surface area contributed by atoms with Gasteiger partial charge in [0.2, 0.25) is 5.75 Å². The summed E-state index contributed by atoms with van der Waals surface area (Å²) >= 11 is 0. The van der Waals surface area contributed by atoms with Gasteiger partial charge in [0.1, 0.15) is 19.3 Å². The predicted molar refractivity (Wildman–Crippen MR) is 355 cm³/mol. The van der Waals surface area contributed by atoms with Crippen molar-refractivity contribution in [3.63, 3.8) is 0 Å². The molecule has 0 heterocycles. The van der Waals surface area contributed by atoms with E-state index in [-0.39, 0.29) is 5.69 Å². The zero-order valence-electron chi connectivity index (χ0n) is 46.7. The fourth-order valence-electron chi connectivity index (χ4n) is 11.2. The summed E-state index contributed by atoms with van der Waals surface area (Å²) in [7, 11) is 6.18. The Labute approximate surface area is 502 Å². The van der Waals surface area contributed by atoms with Crippen LogP contribution in [0.1, 0.15) is 0 Å². The molecule has 0 spiro atoms. The molecular formula is C78H56BN3O4. The SMILES string of the molecule is [B]c1c(O)c(O)c(O)c(N(c2ccc(-c3ccc(N(c4ccc(-c5ccccc5)cc4)c4ccc(-c5ccccc5)cc4)cc3)cc2)c2ccc(-c3ccc(N(c4ccc(-c5ccccc5)cc4)c4ccc(-c5ccccc5)cc4)cc3)cc2)c1O. The summed E-state index contributed by atoms with van der Waals surface area (Å²) < 4.78 is 0. The normalized spacial score (nSPS) is 11.0. The van der Waals surface area contributed by atoms with E-state index in [1.165, 1.54) is 0 Å². The Morgan fingerprint density at radius 3 is 0.547 bits per heavy atom. The van der Waals surface area contributed by atoms with Gasteiger partial charge in [0, 0.05) is 45.5 Å². The van der Waals surface area contributed by atoms with Gasteiger partial charge in [-0.2, -0.15) is 0 Å². The first kappa shape index (κ1) is 53.8. The van der Waals surface area contributed by atoms with Crippen LogP contribution in [0.15, 0.2) is 315 Å². The molecule has 0 unspecified atom stereocenters. The molecule has 4 N–H and O–H groups in total. The van der Waals surface area contributed by atoms with E-state index in [1.807, 2.05) is 72.8 Å². The topological polar surface area (TPSA) is 90.6 Å². The van der Waals surface area contributed by atoms with Crippen LogP contribution >= 0.6 is 0 Å². The number of phenolic OH excluding ortho intramolecular Hbond substituents is 4. The molecule has 0 saturated heterocycles.